The SMILES string of the molecule is CC[Si](CC)(CC)O[C@H]1C[C@H]2[C@@H]([C@H](O[Si](CC)(CC)CC)C[C@@H]3C[C@H](O[C@@H]4OC[C@@H](OC(C)=O)[C@H](OC(C)=O)[C@H]4OC(C)=O)CC[C@@]32C)[C@@H]2CC[C@H]([C@H](C)CCC(=O)OC)[C@@]12C. The third kappa shape index (κ3) is 10.4. The second-order valence-corrected chi connectivity index (χ2v) is 29.8. The van der Waals surface area contributed by atoms with Crippen molar-refractivity contribution < 1.29 is 56.5 Å². The van der Waals surface area contributed by atoms with Gasteiger partial charge in [0.25, 0.3) is 0 Å². The quantitative estimate of drug-likeness (QED) is 0.0527. The van der Waals surface area contributed by atoms with Crippen LogP contribution in [0.4, 0.5) is 0 Å². The summed E-state index contributed by atoms with van der Waals surface area (Å²) in [7, 11) is -2.58. The molecule has 0 spiro atoms. The van der Waals surface area contributed by atoms with Gasteiger partial charge in [-0.2, -0.15) is 0 Å². The molecule has 1 heterocycles. The molecule has 62 heavy (non-hydrogen) atoms. The fraction of sp³-hybridized carbons (Fsp3) is 0.917. The first-order chi connectivity index (χ1) is 29.3. The van der Waals surface area contributed by atoms with Crippen LogP contribution in [0.3, 0.4) is 0 Å². The molecule has 0 aromatic heterocycles. The van der Waals surface area contributed by atoms with Gasteiger partial charge in [0.05, 0.1) is 25.9 Å². The molecule has 4 aliphatic carbocycles. The third-order valence-corrected chi connectivity index (χ3v) is 27.1. The van der Waals surface area contributed by atoms with Gasteiger partial charge in [-0.1, -0.05) is 62.3 Å². The summed E-state index contributed by atoms with van der Waals surface area (Å²) in [6, 6.07) is 6.59. The summed E-state index contributed by atoms with van der Waals surface area (Å²) in [6.45, 7) is 25.3. The molecule has 0 unspecified atom stereocenters. The molecule has 356 valence electrons. The summed E-state index contributed by atoms with van der Waals surface area (Å²) in [4.78, 5) is 49.3. The number of esters is 4. The first-order valence-corrected chi connectivity index (χ1v) is 29.6. The van der Waals surface area contributed by atoms with Gasteiger partial charge in [0.2, 0.25) is 0 Å². The van der Waals surface area contributed by atoms with Crippen molar-refractivity contribution in [1.29, 1.82) is 0 Å². The average Bonchev–Trinajstić information content (AvgIpc) is 3.60. The average molecular weight is 909 g/mol. The Morgan fingerprint density at radius 1 is 0.710 bits per heavy atom. The van der Waals surface area contributed by atoms with E-state index < -0.39 is 59.1 Å². The summed E-state index contributed by atoms with van der Waals surface area (Å²) in [5.41, 5.74) is -0.0179. The van der Waals surface area contributed by atoms with Gasteiger partial charge in [0, 0.05) is 33.3 Å². The van der Waals surface area contributed by atoms with Crippen molar-refractivity contribution in [3.8, 4) is 0 Å². The Morgan fingerprint density at radius 3 is 1.85 bits per heavy atom. The predicted molar refractivity (Wildman–Crippen MR) is 242 cm³/mol. The van der Waals surface area contributed by atoms with Crippen molar-refractivity contribution in [2.45, 2.75) is 220 Å². The number of fused-ring (bicyclic) bond motifs is 5. The second-order valence-electron chi connectivity index (χ2n) is 20.4. The maximum absolute atomic E-state index is 12.5. The molecule has 0 N–H and O–H groups in total. The molecule has 14 heteroatoms. The van der Waals surface area contributed by atoms with Gasteiger partial charge in [0.15, 0.2) is 41.2 Å². The number of ether oxygens (including phenoxy) is 6. The Morgan fingerprint density at radius 2 is 1.29 bits per heavy atom. The molecule has 12 nitrogen and oxygen atoms in total. The van der Waals surface area contributed by atoms with Crippen LogP contribution in [0.2, 0.25) is 36.3 Å². The van der Waals surface area contributed by atoms with Crippen molar-refractivity contribution >= 4 is 40.5 Å². The van der Waals surface area contributed by atoms with Crippen molar-refractivity contribution in [3.05, 3.63) is 0 Å². The van der Waals surface area contributed by atoms with Gasteiger partial charge in [-0.05, 0) is 134 Å². The molecule has 4 saturated carbocycles. The molecule has 0 bridgehead atoms. The zero-order valence-corrected chi connectivity index (χ0v) is 42.7. The first-order valence-electron chi connectivity index (χ1n) is 24.5. The maximum atomic E-state index is 12.5. The molecular weight excluding hydrogens is 825 g/mol. The molecule has 0 radical (unpaired) electrons. The highest BCUT2D eigenvalue weighted by atomic mass is 28.4. The third-order valence-electron chi connectivity index (χ3n) is 17.8. The molecule has 5 aliphatic rings. The van der Waals surface area contributed by atoms with Gasteiger partial charge in [-0.25, -0.2) is 0 Å². The van der Waals surface area contributed by atoms with E-state index >= 15 is 0 Å². The van der Waals surface area contributed by atoms with Crippen LogP contribution in [0, 0.1) is 46.3 Å². The first kappa shape index (κ1) is 51.1. The number of rotatable bonds is 19. The Kier molecular flexibility index (Phi) is 17.5. The Bertz CT molecular complexity index is 1520. The standard InChI is InChI=1S/C48H84O12Si2/c1-14-61(15-2,16-3)59-39-27-34-26-35(58-46-45(57-33(10)51)44(56-32(9)50)40(29-54-46)55-31(8)49)24-25-47(34,11)38-28-41(60-62(17-4,18-5)19-6)48(12)36(21-22-37(48)43(38)39)30(7)20-23-42(52)53-13/h30,34-41,43-46H,14-29H2,1-13H3/t30-,34+,35-,36-,37+,38+,39-,40-,41+,43+,44+,45-,46+,47+,48-/m1/s1. The summed E-state index contributed by atoms with van der Waals surface area (Å²) < 4.78 is 50.7. The van der Waals surface area contributed by atoms with Crippen LogP contribution in [0.1, 0.15) is 141 Å². The minimum Gasteiger partial charge on any atom is -0.469 e. The Labute approximate surface area is 375 Å². The van der Waals surface area contributed by atoms with Crippen LogP contribution in [0.25, 0.3) is 0 Å². The monoisotopic (exact) mass is 909 g/mol. The van der Waals surface area contributed by atoms with Crippen LogP contribution in [-0.2, 0) is 56.5 Å². The lowest BCUT2D eigenvalue weighted by Crippen LogP contribution is -2.65. The maximum Gasteiger partial charge on any atom is 0.305 e. The van der Waals surface area contributed by atoms with E-state index in [-0.39, 0.29) is 41.7 Å². The molecule has 5 fully saturated rings. The fourth-order valence-corrected chi connectivity index (χ4v) is 19.6. The molecule has 0 aromatic carbocycles. The fourth-order valence-electron chi connectivity index (χ4n) is 13.8. The summed E-state index contributed by atoms with van der Waals surface area (Å²) >= 11 is 0. The van der Waals surface area contributed by atoms with Gasteiger partial charge in [-0.3, -0.25) is 19.2 Å². The van der Waals surface area contributed by atoms with E-state index in [1.807, 2.05) is 0 Å². The van der Waals surface area contributed by atoms with Crippen molar-refractivity contribution in [1.82, 2.24) is 0 Å². The summed E-state index contributed by atoms with van der Waals surface area (Å²) in [6.07, 6.45) is 4.04. The summed E-state index contributed by atoms with van der Waals surface area (Å²) in [5, 5.41) is 0. The van der Waals surface area contributed by atoms with Gasteiger partial charge in [-0.15, -0.1) is 0 Å². The van der Waals surface area contributed by atoms with E-state index in [0.29, 0.717) is 41.9 Å². The zero-order valence-electron chi connectivity index (χ0n) is 40.7. The van der Waals surface area contributed by atoms with E-state index in [1.165, 1.54) is 27.9 Å². The van der Waals surface area contributed by atoms with Crippen LogP contribution in [0.15, 0.2) is 0 Å². The topological polar surface area (TPSA) is 142 Å². The second kappa shape index (κ2) is 21.2. The number of hydrogen-bond acceptors (Lipinski definition) is 12. The molecule has 1 aliphatic heterocycles. The normalized spacial score (nSPS) is 37.6. The van der Waals surface area contributed by atoms with E-state index in [2.05, 4.69) is 62.3 Å². The zero-order chi connectivity index (χ0) is 45.8. The van der Waals surface area contributed by atoms with Gasteiger partial charge >= 0.3 is 23.9 Å². The van der Waals surface area contributed by atoms with Gasteiger partial charge < -0.3 is 37.3 Å². The van der Waals surface area contributed by atoms with E-state index in [9.17, 15) is 19.2 Å². The van der Waals surface area contributed by atoms with Crippen molar-refractivity contribution in [2.75, 3.05) is 13.7 Å². The van der Waals surface area contributed by atoms with E-state index in [1.54, 1.807) is 0 Å². The summed E-state index contributed by atoms with van der Waals surface area (Å²) in [5.74, 6) is 0.540. The lowest BCUT2D eigenvalue weighted by Gasteiger charge is -2.66. The molecule has 15 atom stereocenters. The van der Waals surface area contributed by atoms with Crippen molar-refractivity contribution in [3.63, 3.8) is 0 Å². The van der Waals surface area contributed by atoms with E-state index in [4.69, 9.17) is 37.3 Å². The van der Waals surface area contributed by atoms with Crippen LogP contribution < -0.4 is 0 Å². The molecule has 1 saturated heterocycles. The Hall–Kier alpha value is -1.85. The highest BCUT2D eigenvalue weighted by Gasteiger charge is 2.68. The Balaban J connectivity index is 1.52. The minimum atomic E-state index is -2.04. The molecule has 5 rings (SSSR count). The molecular formula is C48H84O12Si2. The van der Waals surface area contributed by atoms with Gasteiger partial charge in [0.1, 0.15) is 0 Å². The smallest absolute Gasteiger partial charge is 0.305 e. The predicted octanol–water partition coefficient (Wildman–Crippen LogP) is 9.77. The molecule has 0 aromatic rings. The van der Waals surface area contributed by atoms with Crippen LogP contribution >= 0.6 is 0 Å². The number of carbonyl (C=O) groups excluding carboxylic acids is 4. The van der Waals surface area contributed by atoms with Crippen LogP contribution in [0.5, 0.6) is 0 Å². The number of carbonyl (C=O) groups is 4. The minimum absolute atomic E-state index is 0.0229. The lowest BCUT2D eigenvalue weighted by atomic mass is 9.43. The number of hydrogen-bond donors (Lipinski definition) is 0. The highest BCUT2D eigenvalue weighted by Crippen LogP contribution is 2.70. The number of methoxy groups -OCH3 is 1. The van der Waals surface area contributed by atoms with Crippen molar-refractivity contribution in [2.24, 2.45) is 46.3 Å². The lowest BCUT2D eigenvalue weighted by molar-refractivity contribution is -0.298. The van der Waals surface area contributed by atoms with E-state index in [0.717, 1.165) is 87.6 Å². The largest absolute Gasteiger partial charge is 0.469 e. The van der Waals surface area contributed by atoms with Crippen LogP contribution in [-0.4, -0.2) is 97.1 Å². The molecule has 0 amide bonds. The highest BCUT2D eigenvalue weighted by molar-refractivity contribution is 6.74.